The third-order valence-corrected chi connectivity index (χ3v) is 5.37. The maximum atomic E-state index is 12.1. The van der Waals surface area contributed by atoms with E-state index in [9.17, 15) is 4.79 Å². The second-order valence-electron chi connectivity index (χ2n) is 6.09. The van der Waals surface area contributed by atoms with Crippen molar-refractivity contribution in [1.82, 2.24) is 20.2 Å². The molecule has 1 fully saturated rings. The SMILES string of the molecule is C[C@H](Cn1ccnc1)NC(=O)NCC1(Sc2ccccc2)CC1. The lowest BCUT2D eigenvalue weighted by molar-refractivity contribution is 0.236. The van der Waals surface area contributed by atoms with Crippen molar-refractivity contribution in [1.29, 1.82) is 0 Å². The van der Waals surface area contributed by atoms with Gasteiger partial charge in [0.15, 0.2) is 0 Å². The Morgan fingerprint density at radius 2 is 2.17 bits per heavy atom. The Balaban J connectivity index is 1.42. The number of nitrogens with zero attached hydrogens (tertiary/aromatic N) is 2. The molecule has 1 heterocycles. The average Bonchev–Trinajstić information content (AvgIpc) is 3.10. The minimum atomic E-state index is -0.0995. The molecule has 1 aliphatic carbocycles. The Morgan fingerprint density at radius 3 is 2.83 bits per heavy atom. The Hall–Kier alpha value is -1.95. The Morgan fingerprint density at radius 1 is 1.39 bits per heavy atom. The van der Waals surface area contributed by atoms with Gasteiger partial charge in [-0.1, -0.05) is 18.2 Å². The monoisotopic (exact) mass is 330 g/mol. The van der Waals surface area contributed by atoms with Crippen LogP contribution in [0.25, 0.3) is 0 Å². The van der Waals surface area contributed by atoms with Gasteiger partial charge < -0.3 is 15.2 Å². The molecule has 0 aliphatic heterocycles. The molecule has 6 heteroatoms. The van der Waals surface area contributed by atoms with Crippen molar-refractivity contribution in [3.05, 3.63) is 49.1 Å². The zero-order valence-electron chi connectivity index (χ0n) is 13.2. The highest BCUT2D eigenvalue weighted by molar-refractivity contribution is 8.01. The Labute approximate surface area is 140 Å². The predicted molar refractivity (Wildman–Crippen MR) is 92.5 cm³/mol. The molecule has 0 spiro atoms. The molecule has 5 nitrogen and oxygen atoms in total. The number of thioether (sulfide) groups is 1. The van der Waals surface area contributed by atoms with Crippen molar-refractivity contribution in [2.24, 2.45) is 0 Å². The largest absolute Gasteiger partial charge is 0.337 e. The summed E-state index contributed by atoms with van der Waals surface area (Å²) < 4.78 is 2.13. The number of hydrogen-bond acceptors (Lipinski definition) is 3. The number of hydrogen-bond donors (Lipinski definition) is 2. The van der Waals surface area contributed by atoms with Crippen LogP contribution in [0.1, 0.15) is 19.8 Å². The lowest BCUT2D eigenvalue weighted by Crippen LogP contribution is -2.44. The van der Waals surface area contributed by atoms with Crippen molar-refractivity contribution in [2.75, 3.05) is 6.54 Å². The van der Waals surface area contributed by atoms with Crippen LogP contribution in [0.2, 0.25) is 0 Å². The molecule has 3 rings (SSSR count). The van der Waals surface area contributed by atoms with E-state index in [1.165, 1.54) is 4.90 Å². The van der Waals surface area contributed by atoms with E-state index in [4.69, 9.17) is 0 Å². The molecule has 0 unspecified atom stereocenters. The van der Waals surface area contributed by atoms with E-state index < -0.39 is 0 Å². The molecular formula is C17H22N4OS. The molecule has 2 amide bonds. The number of aromatic nitrogens is 2. The lowest BCUT2D eigenvalue weighted by atomic mass is 10.3. The van der Waals surface area contributed by atoms with Gasteiger partial charge in [0.25, 0.3) is 0 Å². The summed E-state index contributed by atoms with van der Waals surface area (Å²) in [5, 5.41) is 5.99. The number of carbonyl (C=O) groups is 1. The maximum Gasteiger partial charge on any atom is 0.315 e. The van der Waals surface area contributed by atoms with Gasteiger partial charge in [-0.25, -0.2) is 9.78 Å². The number of carbonyl (C=O) groups excluding carboxylic acids is 1. The second kappa shape index (κ2) is 7.08. The Kier molecular flexibility index (Phi) is 4.91. The van der Waals surface area contributed by atoms with Gasteiger partial charge in [0.1, 0.15) is 0 Å². The van der Waals surface area contributed by atoms with Gasteiger partial charge in [0, 0.05) is 41.2 Å². The Bertz CT molecular complexity index is 625. The highest BCUT2D eigenvalue weighted by Crippen LogP contribution is 2.51. The van der Waals surface area contributed by atoms with Crippen LogP contribution in [0, 0.1) is 0 Å². The van der Waals surface area contributed by atoms with Crippen LogP contribution in [0.4, 0.5) is 4.79 Å². The summed E-state index contributed by atoms with van der Waals surface area (Å²) in [6, 6.07) is 10.3. The van der Waals surface area contributed by atoms with Gasteiger partial charge >= 0.3 is 6.03 Å². The fraction of sp³-hybridized carbons (Fsp3) is 0.412. The molecule has 1 atom stereocenters. The van der Waals surface area contributed by atoms with Crippen LogP contribution in [-0.4, -0.2) is 32.9 Å². The molecule has 2 aromatic rings. The van der Waals surface area contributed by atoms with Crippen LogP contribution in [0.3, 0.4) is 0 Å². The van der Waals surface area contributed by atoms with E-state index in [1.807, 2.05) is 35.5 Å². The molecule has 2 N–H and O–H groups in total. The molecule has 122 valence electrons. The second-order valence-corrected chi connectivity index (χ2v) is 7.63. The first-order valence-corrected chi connectivity index (χ1v) is 8.71. The fourth-order valence-electron chi connectivity index (χ4n) is 2.47. The highest BCUT2D eigenvalue weighted by atomic mass is 32.2. The number of urea groups is 1. The molecule has 1 aliphatic rings. The molecule has 1 saturated carbocycles. The van der Waals surface area contributed by atoms with Crippen molar-refractivity contribution >= 4 is 17.8 Å². The van der Waals surface area contributed by atoms with Crippen LogP contribution in [0.15, 0.2) is 53.9 Å². The topological polar surface area (TPSA) is 59.0 Å². The van der Waals surface area contributed by atoms with E-state index in [0.29, 0.717) is 6.54 Å². The minimum absolute atomic E-state index is 0.0566. The van der Waals surface area contributed by atoms with Crippen molar-refractivity contribution in [3.8, 4) is 0 Å². The first-order valence-electron chi connectivity index (χ1n) is 7.89. The van der Waals surface area contributed by atoms with Crippen LogP contribution < -0.4 is 10.6 Å². The minimum Gasteiger partial charge on any atom is -0.337 e. The summed E-state index contributed by atoms with van der Waals surface area (Å²) in [6.07, 6.45) is 7.69. The average molecular weight is 330 g/mol. The number of rotatable bonds is 7. The van der Waals surface area contributed by atoms with Gasteiger partial charge in [-0.3, -0.25) is 0 Å². The zero-order chi connectivity index (χ0) is 16.1. The third-order valence-electron chi connectivity index (χ3n) is 3.88. The molecule has 23 heavy (non-hydrogen) atoms. The van der Waals surface area contributed by atoms with Gasteiger partial charge in [-0.05, 0) is 31.9 Å². The predicted octanol–water partition coefficient (Wildman–Crippen LogP) is 2.90. The summed E-state index contributed by atoms with van der Waals surface area (Å²) in [5.74, 6) is 0. The van der Waals surface area contributed by atoms with E-state index in [0.717, 1.165) is 19.4 Å². The fourth-order valence-corrected chi connectivity index (χ4v) is 3.71. The summed E-state index contributed by atoms with van der Waals surface area (Å²) >= 11 is 1.87. The molecule has 0 radical (unpaired) electrons. The van der Waals surface area contributed by atoms with E-state index in [1.54, 1.807) is 12.5 Å². The van der Waals surface area contributed by atoms with Crippen molar-refractivity contribution < 1.29 is 4.79 Å². The quantitative estimate of drug-likeness (QED) is 0.821. The van der Waals surface area contributed by atoms with Crippen LogP contribution in [0.5, 0.6) is 0 Å². The highest BCUT2D eigenvalue weighted by Gasteiger charge is 2.43. The van der Waals surface area contributed by atoms with E-state index >= 15 is 0 Å². The number of nitrogens with one attached hydrogen (secondary N) is 2. The van der Waals surface area contributed by atoms with Crippen molar-refractivity contribution in [2.45, 2.75) is 42.0 Å². The maximum absolute atomic E-state index is 12.1. The van der Waals surface area contributed by atoms with Gasteiger partial charge in [0.2, 0.25) is 0 Å². The first kappa shape index (κ1) is 15.9. The van der Waals surface area contributed by atoms with Crippen molar-refractivity contribution in [3.63, 3.8) is 0 Å². The first-order chi connectivity index (χ1) is 11.2. The van der Waals surface area contributed by atoms with Gasteiger partial charge in [-0.2, -0.15) is 0 Å². The van der Waals surface area contributed by atoms with Crippen LogP contribution >= 0.6 is 11.8 Å². The molecule has 0 bridgehead atoms. The van der Waals surface area contributed by atoms with Gasteiger partial charge in [0.05, 0.1) is 6.33 Å². The molecule has 1 aromatic heterocycles. The molecule has 0 saturated heterocycles. The number of amides is 2. The van der Waals surface area contributed by atoms with E-state index in [2.05, 4.69) is 39.9 Å². The zero-order valence-corrected chi connectivity index (χ0v) is 14.1. The normalized spacial score (nSPS) is 16.6. The van der Waals surface area contributed by atoms with Crippen LogP contribution in [-0.2, 0) is 6.54 Å². The number of benzene rings is 1. The standard InChI is InChI=1S/C17H22N4OS/c1-14(11-21-10-9-18-13-21)20-16(22)19-12-17(7-8-17)23-15-5-3-2-4-6-15/h2-6,9-10,13-14H,7-8,11-12H2,1H3,(H2,19,20,22)/t14-/m1/s1. The third kappa shape index (κ3) is 4.76. The number of imidazole rings is 1. The van der Waals surface area contributed by atoms with E-state index in [-0.39, 0.29) is 16.8 Å². The molecule has 1 aromatic carbocycles. The summed E-state index contributed by atoms with van der Waals surface area (Å²) in [4.78, 5) is 17.3. The van der Waals surface area contributed by atoms with Gasteiger partial charge in [-0.15, -0.1) is 11.8 Å². The smallest absolute Gasteiger partial charge is 0.315 e. The molecular weight excluding hydrogens is 308 g/mol. The summed E-state index contributed by atoms with van der Waals surface area (Å²) in [7, 11) is 0. The summed E-state index contributed by atoms with van der Waals surface area (Å²) in [5.41, 5.74) is 0. The summed E-state index contributed by atoms with van der Waals surface area (Å²) in [6.45, 7) is 3.42. The lowest BCUT2D eigenvalue weighted by Gasteiger charge is -2.18.